The number of rotatable bonds is 7. The number of fused-ring (bicyclic) bond motifs is 1. The number of benzene rings is 2. The first-order valence-electron chi connectivity index (χ1n) is 11.0. The molecule has 7 heteroatoms. The fraction of sp³-hybridized carbons (Fsp3) is 0.320. The van der Waals surface area contributed by atoms with E-state index >= 15 is 0 Å². The molecule has 4 rings (SSSR count). The van der Waals surface area contributed by atoms with Crippen LogP contribution in [0.2, 0.25) is 0 Å². The predicted molar refractivity (Wildman–Crippen MR) is 126 cm³/mol. The van der Waals surface area contributed by atoms with Crippen LogP contribution in [0.25, 0.3) is 10.8 Å². The molecule has 1 aliphatic heterocycles. The number of hydrogen-bond acceptors (Lipinski definition) is 5. The number of likely N-dealkylation sites (N-methyl/N-ethyl adjacent to an activating group) is 1. The van der Waals surface area contributed by atoms with Crippen LogP contribution < -0.4 is 16.4 Å². The Morgan fingerprint density at radius 2 is 1.97 bits per heavy atom. The molecule has 0 aliphatic carbocycles. The second-order valence-electron chi connectivity index (χ2n) is 8.19. The number of nitrogens with one attached hydrogen (secondary N) is 2. The number of nitrogens with zero attached hydrogens (tertiary/aromatic N) is 2. The van der Waals surface area contributed by atoms with Gasteiger partial charge in [0.15, 0.2) is 0 Å². The van der Waals surface area contributed by atoms with Gasteiger partial charge in [-0.3, -0.25) is 9.59 Å². The summed E-state index contributed by atoms with van der Waals surface area (Å²) in [5.74, 6) is 0.357. The summed E-state index contributed by atoms with van der Waals surface area (Å²) < 4.78 is 0. The molecule has 0 radical (unpaired) electrons. The standard InChI is InChI=1S/C25H29N5O2/c1-27-21(15-17-6-3-2-4-7-17)25(32)30-13-5-8-22(30)24(31)29-16-18-9-10-20-19(14-18)11-12-28-23(20)26/h2-4,6-7,9-12,14,21-22,27H,5,8,13,15-16H2,1H3,(H2,26,28)(H,29,31)/t21-,22?/m1/s1. The topological polar surface area (TPSA) is 100 Å². The zero-order valence-electron chi connectivity index (χ0n) is 18.3. The van der Waals surface area contributed by atoms with E-state index in [1.54, 1.807) is 18.1 Å². The Bertz CT molecular complexity index is 1100. The molecule has 1 aliphatic rings. The van der Waals surface area contributed by atoms with Crippen LogP contribution in [-0.2, 0) is 22.6 Å². The molecule has 32 heavy (non-hydrogen) atoms. The molecule has 3 aromatic rings. The summed E-state index contributed by atoms with van der Waals surface area (Å²) in [5.41, 5.74) is 7.98. The Kier molecular flexibility index (Phi) is 6.66. The van der Waals surface area contributed by atoms with E-state index in [9.17, 15) is 9.59 Å². The summed E-state index contributed by atoms with van der Waals surface area (Å²) in [5, 5.41) is 8.02. The molecule has 1 aromatic heterocycles. The van der Waals surface area contributed by atoms with Gasteiger partial charge in [0.05, 0.1) is 6.04 Å². The van der Waals surface area contributed by atoms with Gasteiger partial charge in [-0.1, -0.05) is 42.5 Å². The third-order valence-electron chi connectivity index (χ3n) is 6.09. The van der Waals surface area contributed by atoms with Crippen molar-refractivity contribution in [2.75, 3.05) is 19.3 Å². The molecular weight excluding hydrogens is 402 g/mol. The van der Waals surface area contributed by atoms with Gasteiger partial charge in [-0.2, -0.15) is 0 Å². The lowest BCUT2D eigenvalue weighted by Gasteiger charge is -2.28. The minimum atomic E-state index is -0.436. The van der Waals surface area contributed by atoms with E-state index < -0.39 is 6.04 Å². The number of amides is 2. The third kappa shape index (κ3) is 4.73. The SMILES string of the molecule is CN[C@H](Cc1ccccc1)C(=O)N1CCCC1C(=O)NCc1ccc2c(N)nccc2c1. The highest BCUT2D eigenvalue weighted by Gasteiger charge is 2.36. The van der Waals surface area contributed by atoms with Crippen LogP contribution in [0.3, 0.4) is 0 Å². The number of pyridine rings is 1. The highest BCUT2D eigenvalue weighted by Crippen LogP contribution is 2.22. The molecule has 2 atom stereocenters. The van der Waals surface area contributed by atoms with Crippen LogP contribution in [-0.4, -0.2) is 47.4 Å². The van der Waals surface area contributed by atoms with Crippen molar-refractivity contribution in [3.63, 3.8) is 0 Å². The summed E-state index contributed by atoms with van der Waals surface area (Å²) in [4.78, 5) is 32.0. The van der Waals surface area contributed by atoms with Crippen molar-refractivity contribution in [2.24, 2.45) is 0 Å². The van der Waals surface area contributed by atoms with E-state index in [-0.39, 0.29) is 17.9 Å². The number of carbonyl (C=O) groups excluding carboxylic acids is 2. The average Bonchev–Trinajstić information content (AvgIpc) is 3.31. The van der Waals surface area contributed by atoms with Gasteiger partial charge >= 0.3 is 0 Å². The fourth-order valence-corrected chi connectivity index (χ4v) is 4.33. The molecule has 2 amide bonds. The van der Waals surface area contributed by atoms with Crippen LogP contribution in [0.1, 0.15) is 24.0 Å². The van der Waals surface area contributed by atoms with Gasteiger partial charge in [0.2, 0.25) is 11.8 Å². The summed E-state index contributed by atoms with van der Waals surface area (Å²) in [6, 6.07) is 16.9. The summed E-state index contributed by atoms with van der Waals surface area (Å²) >= 11 is 0. The monoisotopic (exact) mass is 431 g/mol. The molecule has 1 fully saturated rings. The zero-order chi connectivity index (χ0) is 22.5. The smallest absolute Gasteiger partial charge is 0.243 e. The van der Waals surface area contributed by atoms with Crippen LogP contribution >= 0.6 is 0 Å². The molecule has 7 nitrogen and oxygen atoms in total. The molecule has 0 spiro atoms. The number of likely N-dealkylation sites (tertiary alicyclic amines) is 1. The van der Waals surface area contributed by atoms with E-state index in [0.29, 0.717) is 31.7 Å². The van der Waals surface area contributed by atoms with Crippen molar-refractivity contribution in [2.45, 2.75) is 37.9 Å². The van der Waals surface area contributed by atoms with E-state index in [1.807, 2.05) is 54.6 Å². The number of nitrogens with two attached hydrogens (primary N) is 1. The van der Waals surface area contributed by atoms with Crippen LogP contribution in [0.5, 0.6) is 0 Å². The first-order valence-corrected chi connectivity index (χ1v) is 11.0. The van der Waals surface area contributed by atoms with Gasteiger partial charge in [0.1, 0.15) is 11.9 Å². The molecule has 4 N–H and O–H groups in total. The third-order valence-corrected chi connectivity index (χ3v) is 6.09. The highest BCUT2D eigenvalue weighted by atomic mass is 16.2. The van der Waals surface area contributed by atoms with Crippen molar-refractivity contribution >= 4 is 28.4 Å². The van der Waals surface area contributed by atoms with Gasteiger partial charge in [-0.05, 0) is 55.0 Å². The molecule has 166 valence electrons. The maximum atomic E-state index is 13.2. The van der Waals surface area contributed by atoms with Gasteiger partial charge in [-0.15, -0.1) is 0 Å². The van der Waals surface area contributed by atoms with Crippen LogP contribution in [0.4, 0.5) is 5.82 Å². The van der Waals surface area contributed by atoms with E-state index in [4.69, 9.17) is 5.73 Å². The predicted octanol–water partition coefficient (Wildman–Crippen LogP) is 2.25. The van der Waals surface area contributed by atoms with Gasteiger partial charge < -0.3 is 21.3 Å². The minimum Gasteiger partial charge on any atom is -0.383 e. The van der Waals surface area contributed by atoms with Crippen molar-refractivity contribution in [1.29, 1.82) is 0 Å². The maximum absolute atomic E-state index is 13.2. The normalized spacial score (nSPS) is 16.8. The van der Waals surface area contributed by atoms with Gasteiger partial charge in [-0.25, -0.2) is 4.98 Å². The molecular formula is C25H29N5O2. The van der Waals surface area contributed by atoms with E-state index in [1.165, 1.54) is 0 Å². The van der Waals surface area contributed by atoms with Crippen molar-refractivity contribution < 1.29 is 9.59 Å². The Labute approximate surface area is 188 Å². The zero-order valence-corrected chi connectivity index (χ0v) is 18.3. The fourth-order valence-electron chi connectivity index (χ4n) is 4.33. The second-order valence-corrected chi connectivity index (χ2v) is 8.19. The number of carbonyl (C=O) groups is 2. The van der Waals surface area contributed by atoms with E-state index in [0.717, 1.165) is 28.3 Å². The van der Waals surface area contributed by atoms with Gasteiger partial charge in [0, 0.05) is 24.7 Å². The maximum Gasteiger partial charge on any atom is 0.243 e. The van der Waals surface area contributed by atoms with Gasteiger partial charge in [0.25, 0.3) is 0 Å². The lowest BCUT2D eigenvalue weighted by Crippen LogP contribution is -2.52. The lowest BCUT2D eigenvalue weighted by molar-refractivity contribution is -0.140. The molecule has 0 saturated carbocycles. The Hall–Kier alpha value is -3.45. The Balaban J connectivity index is 1.40. The number of hydrogen-bond donors (Lipinski definition) is 3. The number of anilines is 1. The van der Waals surface area contributed by atoms with E-state index in [2.05, 4.69) is 15.6 Å². The largest absolute Gasteiger partial charge is 0.383 e. The van der Waals surface area contributed by atoms with Crippen LogP contribution in [0.15, 0.2) is 60.8 Å². The first-order chi connectivity index (χ1) is 15.6. The summed E-state index contributed by atoms with van der Waals surface area (Å²) in [6.07, 6.45) is 3.78. The van der Waals surface area contributed by atoms with Crippen LogP contribution in [0, 0.1) is 0 Å². The van der Waals surface area contributed by atoms with Crippen molar-refractivity contribution in [1.82, 2.24) is 20.5 Å². The number of aromatic nitrogens is 1. The lowest BCUT2D eigenvalue weighted by atomic mass is 10.0. The highest BCUT2D eigenvalue weighted by molar-refractivity contribution is 5.92. The molecule has 1 unspecified atom stereocenters. The van der Waals surface area contributed by atoms with Crippen molar-refractivity contribution in [3.05, 3.63) is 71.9 Å². The number of nitrogen functional groups attached to an aromatic ring is 1. The molecule has 2 aromatic carbocycles. The summed E-state index contributed by atoms with van der Waals surface area (Å²) in [7, 11) is 1.79. The summed E-state index contributed by atoms with van der Waals surface area (Å²) in [6.45, 7) is 1.00. The quantitative estimate of drug-likeness (QED) is 0.533. The molecule has 1 saturated heterocycles. The molecule has 2 heterocycles. The Morgan fingerprint density at radius 1 is 1.16 bits per heavy atom. The molecule has 0 bridgehead atoms. The Morgan fingerprint density at radius 3 is 2.75 bits per heavy atom. The first kappa shape index (κ1) is 21.8. The average molecular weight is 432 g/mol. The second kappa shape index (κ2) is 9.78. The minimum absolute atomic E-state index is 0.0253. The van der Waals surface area contributed by atoms with Crippen molar-refractivity contribution in [3.8, 4) is 0 Å².